The van der Waals surface area contributed by atoms with Crippen LogP contribution in [-0.2, 0) is 0 Å². The quantitative estimate of drug-likeness (QED) is 0.557. The van der Waals surface area contributed by atoms with Gasteiger partial charge in [0, 0.05) is 15.5 Å². The van der Waals surface area contributed by atoms with Crippen LogP contribution >= 0.6 is 22.9 Å². The highest BCUT2D eigenvalue weighted by atomic mass is 35.5. The first-order valence-corrected chi connectivity index (χ1v) is 6.99. The molecule has 0 radical (unpaired) electrons. The summed E-state index contributed by atoms with van der Waals surface area (Å²) in [6.07, 6.45) is 0. The van der Waals surface area contributed by atoms with E-state index in [-0.39, 0.29) is 0 Å². The van der Waals surface area contributed by atoms with Crippen molar-refractivity contribution in [2.24, 2.45) is 0 Å². The van der Waals surface area contributed by atoms with Gasteiger partial charge in [0.15, 0.2) is 0 Å². The molecule has 18 heavy (non-hydrogen) atoms. The molecule has 1 heterocycles. The van der Waals surface area contributed by atoms with Crippen LogP contribution < -0.4 is 0 Å². The van der Waals surface area contributed by atoms with Crippen LogP contribution in [0.25, 0.3) is 21.6 Å². The summed E-state index contributed by atoms with van der Waals surface area (Å²) in [6, 6.07) is 20.6. The fourth-order valence-electron chi connectivity index (χ4n) is 1.98. The van der Waals surface area contributed by atoms with E-state index < -0.39 is 0 Å². The molecule has 0 unspecified atom stereocenters. The summed E-state index contributed by atoms with van der Waals surface area (Å²) in [4.78, 5) is 1.29. The van der Waals surface area contributed by atoms with Gasteiger partial charge in [0.25, 0.3) is 0 Å². The molecule has 3 aromatic rings. The molecule has 0 saturated carbocycles. The highest BCUT2D eigenvalue weighted by Crippen LogP contribution is 2.36. The Labute approximate surface area is 115 Å². The van der Waals surface area contributed by atoms with Crippen LogP contribution in [0.2, 0.25) is 5.02 Å². The first kappa shape index (κ1) is 11.5. The lowest BCUT2D eigenvalue weighted by atomic mass is 10.0. The average molecular weight is 271 g/mol. The number of hydrogen-bond donors (Lipinski definition) is 0. The van der Waals surface area contributed by atoms with Crippen molar-refractivity contribution in [3.8, 4) is 21.6 Å². The van der Waals surface area contributed by atoms with Gasteiger partial charge in [-0.2, -0.15) is 0 Å². The van der Waals surface area contributed by atoms with Gasteiger partial charge in [-0.1, -0.05) is 54.1 Å². The first-order valence-electron chi connectivity index (χ1n) is 5.73. The number of thiophene rings is 1. The maximum atomic E-state index is 5.93. The molecule has 0 saturated heterocycles. The topological polar surface area (TPSA) is 0 Å². The van der Waals surface area contributed by atoms with Gasteiger partial charge in [0.05, 0.1) is 0 Å². The molecule has 0 aliphatic rings. The van der Waals surface area contributed by atoms with Crippen LogP contribution in [0, 0.1) is 0 Å². The van der Waals surface area contributed by atoms with Crippen molar-refractivity contribution < 1.29 is 0 Å². The summed E-state index contributed by atoms with van der Waals surface area (Å²) in [6.45, 7) is 0. The number of halogens is 1. The first-order chi connectivity index (χ1) is 8.84. The van der Waals surface area contributed by atoms with Crippen LogP contribution in [0.15, 0.2) is 66.0 Å². The number of hydrogen-bond acceptors (Lipinski definition) is 1. The Morgan fingerprint density at radius 3 is 2.17 bits per heavy atom. The highest BCUT2D eigenvalue weighted by Gasteiger charge is 2.08. The lowest BCUT2D eigenvalue weighted by Crippen LogP contribution is -1.78. The molecule has 0 spiro atoms. The molecule has 1 aromatic heterocycles. The minimum Gasteiger partial charge on any atom is -0.143 e. The van der Waals surface area contributed by atoms with E-state index in [1.807, 2.05) is 18.2 Å². The van der Waals surface area contributed by atoms with Gasteiger partial charge in [0.2, 0.25) is 0 Å². The molecule has 0 atom stereocenters. The van der Waals surface area contributed by atoms with Crippen LogP contribution in [0.3, 0.4) is 0 Å². The lowest BCUT2D eigenvalue weighted by molar-refractivity contribution is 1.65. The van der Waals surface area contributed by atoms with E-state index in [1.54, 1.807) is 11.3 Å². The zero-order valence-electron chi connectivity index (χ0n) is 9.64. The van der Waals surface area contributed by atoms with Crippen LogP contribution in [0.4, 0.5) is 0 Å². The summed E-state index contributed by atoms with van der Waals surface area (Å²) in [7, 11) is 0. The predicted molar refractivity (Wildman–Crippen MR) is 80.2 cm³/mol. The molecule has 0 aliphatic heterocycles. The third kappa shape index (κ3) is 2.20. The van der Waals surface area contributed by atoms with Crippen LogP contribution in [-0.4, -0.2) is 0 Å². The maximum Gasteiger partial charge on any atom is 0.0421 e. The summed E-state index contributed by atoms with van der Waals surface area (Å²) in [5.41, 5.74) is 3.75. The van der Waals surface area contributed by atoms with Crippen molar-refractivity contribution in [1.29, 1.82) is 0 Å². The minimum atomic E-state index is 0.775. The SMILES string of the molecule is Clc1ccc(-c2sccc2-c2ccccc2)cc1. The summed E-state index contributed by atoms with van der Waals surface area (Å²) >= 11 is 7.69. The van der Waals surface area contributed by atoms with Crippen molar-refractivity contribution >= 4 is 22.9 Å². The summed E-state index contributed by atoms with van der Waals surface area (Å²) in [5, 5.41) is 2.91. The summed E-state index contributed by atoms with van der Waals surface area (Å²) < 4.78 is 0. The third-order valence-corrected chi connectivity index (χ3v) is 4.07. The number of rotatable bonds is 2. The van der Waals surface area contributed by atoms with Crippen molar-refractivity contribution in [1.82, 2.24) is 0 Å². The molecule has 0 bridgehead atoms. The van der Waals surface area contributed by atoms with Crippen molar-refractivity contribution in [2.75, 3.05) is 0 Å². The Balaban J connectivity index is 2.10. The van der Waals surface area contributed by atoms with Gasteiger partial charge in [-0.25, -0.2) is 0 Å². The second kappa shape index (κ2) is 4.97. The Bertz CT molecular complexity index is 638. The largest absolute Gasteiger partial charge is 0.143 e. The zero-order valence-corrected chi connectivity index (χ0v) is 11.2. The molecule has 0 aliphatic carbocycles. The molecule has 0 amide bonds. The van der Waals surface area contributed by atoms with Gasteiger partial charge < -0.3 is 0 Å². The lowest BCUT2D eigenvalue weighted by Gasteiger charge is -2.04. The molecular formula is C16H11ClS. The Hall–Kier alpha value is -1.57. The van der Waals surface area contributed by atoms with Crippen molar-refractivity contribution in [3.63, 3.8) is 0 Å². The van der Waals surface area contributed by atoms with E-state index in [0.717, 1.165) is 5.02 Å². The fraction of sp³-hybridized carbons (Fsp3) is 0. The highest BCUT2D eigenvalue weighted by molar-refractivity contribution is 7.14. The molecule has 0 fully saturated rings. The Morgan fingerprint density at radius 2 is 1.44 bits per heavy atom. The number of benzene rings is 2. The summed E-state index contributed by atoms with van der Waals surface area (Å²) in [5.74, 6) is 0. The van der Waals surface area contributed by atoms with Gasteiger partial charge in [0.1, 0.15) is 0 Å². The van der Waals surface area contributed by atoms with E-state index in [1.165, 1.54) is 21.6 Å². The molecule has 88 valence electrons. The molecular weight excluding hydrogens is 260 g/mol. The minimum absolute atomic E-state index is 0.775. The van der Waals surface area contributed by atoms with E-state index in [2.05, 4.69) is 47.8 Å². The molecule has 3 rings (SSSR count). The zero-order chi connectivity index (χ0) is 12.4. The van der Waals surface area contributed by atoms with Crippen LogP contribution in [0.1, 0.15) is 0 Å². The predicted octanol–water partition coefficient (Wildman–Crippen LogP) is 5.74. The third-order valence-electron chi connectivity index (χ3n) is 2.86. The Morgan fingerprint density at radius 1 is 0.722 bits per heavy atom. The van der Waals surface area contributed by atoms with Gasteiger partial charge in [-0.05, 0) is 34.7 Å². The molecule has 0 nitrogen and oxygen atoms in total. The molecule has 2 heteroatoms. The van der Waals surface area contributed by atoms with Crippen molar-refractivity contribution in [2.45, 2.75) is 0 Å². The smallest absolute Gasteiger partial charge is 0.0421 e. The molecule has 2 aromatic carbocycles. The monoisotopic (exact) mass is 270 g/mol. The normalized spacial score (nSPS) is 10.5. The van der Waals surface area contributed by atoms with E-state index in [0.29, 0.717) is 0 Å². The fourth-order valence-corrected chi connectivity index (χ4v) is 3.03. The maximum absolute atomic E-state index is 5.93. The van der Waals surface area contributed by atoms with E-state index in [4.69, 9.17) is 11.6 Å². The second-order valence-corrected chi connectivity index (χ2v) is 5.39. The average Bonchev–Trinajstić information content (AvgIpc) is 2.90. The standard InChI is InChI=1S/C16H11ClS/c17-14-8-6-13(7-9-14)16-15(10-11-18-16)12-4-2-1-3-5-12/h1-11H. The van der Waals surface area contributed by atoms with E-state index >= 15 is 0 Å². The van der Waals surface area contributed by atoms with Gasteiger partial charge in [-0.3, -0.25) is 0 Å². The Kier molecular flexibility index (Phi) is 3.18. The van der Waals surface area contributed by atoms with Gasteiger partial charge in [-0.15, -0.1) is 11.3 Å². The van der Waals surface area contributed by atoms with E-state index in [9.17, 15) is 0 Å². The molecule has 0 N–H and O–H groups in total. The van der Waals surface area contributed by atoms with Crippen molar-refractivity contribution in [3.05, 3.63) is 71.1 Å². The van der Waals surface area contributed by atoms with Crippen LogP contribution in [0.5, 0.6) is 0 Å². The van der Waals surface area contributed by atoms with Gasteiger partial charge >= 0.3 is 0 Å². The second-order valence-electron chi connectivity index (χ2n) is 4.04.